The summed E-state index contributed by atoms with van der Waals surface area (Å²) in [6, 6.07) is 7.49. The molecule has 0 aliphatic heterocycles. The van der Waals surface area contributed by atoms with Crippen molar-refractivity contribution in [1.82, 2.24) is 10.5 Å². The van der Waals surface area contributed by atoms with Crippen LogP contribution in [0.3, 0.4) is 0 Å². The second kappa shape index (κ2) is 7.24. The third-order valence-corrected chi connectivity index (χ3v) is 4.37. The number of benzene rings is 1. The minimum atomic E-state index is -3.69. The number of primary sulfonamides is 1. The molecule has 9 heteroatoms. The Morgan fingerprint density at radius 1 is 1.24 bits per heavy atom. The van der Waals surface area contributed by atoms with Crippen LogP contribution in [0, 0.1) is 0 Å². The Kier molecular flexibility index (Phi) is 5.48. The molecule has 0 fully saturated rings. The molecule has 0 saturated heterocycles. The van der Waals surface area contributed by atoms with Crippen LogP contribution in [0.25, 0.3) is 0 Å². The van der Waals surface area contributed by atoms with E-state index in [0.29, 0.717) is 24.5 Å². The smallest absolute Gasteiger partial charge is 0.320 e. The van der Waals surface area contributed by atoms with Gasteiger partial charge in [0.2, 0.25) is 10.0 Å². The molecule has 0 aliphatic rings. The molecular weight excluding hydrogens is 344 g/mol. The first kappa shape index (κ1) is 18.9. The highest BCUT2D eigenvalue weighted by atomic mass is 32.2. The lowest BCUT2D eigenvalue weighted by Crippen LogP contribution is -2.30. The minimum absolute atomic E-state index is 0.0580. The van der Waals surface area contributed by atoms with E-state index in [0.717, 1.165) is 5.56 Å². The van der Waals surface area contributed by atoms with E-state index in [2.05, 4.69) is 15.8 Å². The molecule has 8 nitrogen and oxygen atoms in total. The molecule has 2 aromatic rings. The van der Waals surface area contributed by atoms with Crippen molar-refractivity contribution in [2.24, 2.45) is 5.14 Å². The highest BCUT2D eigenvalue weighted by Gasteiger charge is 2.20. The summed E-state index contributed by atoms with van der Waals surface area (Å²) in [5.41, 5.74) is 0.691. The number of amides is 2. The van der Waals surface area contributed by atoms with Crippen molar-refractivity contribution in [2.45, 2.75) is 37.5 Å². The number of urea groups is 1. The number of nitrogens with zero attached hydrogens (tertiary/aromatic N) is 1. The maximum Gasteiger partial charge on any atom is 0.320 e. The van der Waals surface area contributed by atoms with E-state index in [9.17, 15) is 13.2 Å². The maximum atomic E-state index is 11.8. The molecule has 0 atom stereocenters. The van der Waals surface area contributed by atoms with Gasteiger partial charge < -0.3 is 9.84 Å². The second-order valence-electron chi connectivity index (χ2n) is 6.65. The molecule has 1 aromatic carbocycles. The standard InChI is InChI=1S/C16H22N4O4S/c1-16(2,3)13-10-14(20-24-13)19-15(21)18-9-8-11-4-6-12(7-5-11)25(17,22)23/h4-7,10H,8-9H2,1-3H3,(H2,17,22,23)(H2,18,19,20,21). The molecule has 2 rings (SSSR count). The van der Waals surface area contributed by atoms with Crippen LogP contribution in [-0.2, 0) is 21.9 Å². The monoisotopic (exact) mass is 366 g/mol. The van der Waals surface area contributed by atoms with Gasteiger partial charge in [0.25, 0.3) is 0 Å². The molecule has 0 bridgehead atoms. The zero-order valence-electron chi connectivity index (χ0n) is 14.4. The first-order valence-electron chi connectivity index (χ1n) is 7.69. The van der Waals surface area contributed by atoms with E-state index in [1.54, 1.807) is 18.2 Å². The molecule has 0 unspecified atom stereocenters. The number of anilines is 1. The number of nitrogens with two attached hydrogens (primary N) is 1. The van der Waals surface area contributed by atoms with Gasteiger partial charge in [0.05, 0.1) is 4.90 Å². The number of hydrogen-bond donors (Lipinski definition) is 3. The fourth-order valence-electron chi connectivity index (χ4n) is 2.01. The van der Waals surface area contributed by atoms with Gasteiger partial charge in [-0.25, -0.2) is 18.4 Å². The van der Waals surface area contributed by atoms with Gasteiger partial charge in [0.1, 0.15) is 5.76 Å². The van der Waals surface area contributed by atoms with Crippen LogP contribution < -0.4 is 15.8 Å². The van der Waals surface area contributed by atoms with Crippen molar-refractivity contribution in [1.29, 1.82) is 0 Å². The lowest BCUT2D eigenvalue weighted by molar-refractivity contribution is 0.252. The Bertz CT molecular complexity index is 836. The second-order valence-corrected chi connectivity index (χ2v) is 8.21. The number of sulfonamides is 1. The lowest BCUT2D eigenvalue weighted by Gasteiger charge is -2.12. The van der Waals surface area contributed by atoms with E-state index in [1.165, 1.54) is 12.1 Å². The Morgan fingerprint density at radius 2 is 1.88 bits per heavy atom. The van der Waals surface area contributed by atoms with Crippen LogP contribution in [0.1, 0.15) is 32.1 Å². The molecule has 0 spiro atoms. The average molecular weight is 366 g/mol. The van der Waals surface area contributed by atoms with Crippen molar-refractivity contribution >= 4 is 21.9 Å². The molecule has 0 saturated carbocycles. The zero-order valence-corrected chi connectivity index (χ0v) is 15.2. The van der Waals surface area contributed by atoms with Gasteiger partial charge in [-0.1, -0.05) is 38.1 Å². The number of rotatable bonds is 5. The van der Waals surface area contributed by atoms with Crippen molar-refractivity contribution in [3.8, 4) is 0 Å². The first-order valence-corrected chi connectivity index (χ1v) is 9.24. The fraction of sp³-hybridized carbons (Fsp3) is 0.375. The maximum absolute atomic E-state index is 11.8. The van der Waals surface area contributed by atoms with Gasteiger partial charge in [0.15, 0.2) is 5.82 Å². The van der Waals surface area contributed by atoms with E-state index in [-0.39, 0.29) is 10.3 Å². The Balaban J connectivity index is 1.81. The highest BCUT2D eigenvalue weighted by Crippen LogP contribution is 2.24. The molecular formula is C16H22N4O4S. The topological polar surface area (TPSA) is 127 Å². The molecule has 2 amide bonds. The lowest BCUT2D eigenvalue weighted by atomic mass is 9.93. The molecule has 4 N–H and O–H groups in total. The average Bonchev–Trinajstić information content (AvgIpc) is 2.95. The minimum Gasteiger partial charge on any atom is -0.359 e. The largest absolute Gasteiger partial charge is 0.359 e. The van der Waals surface area contributed by atoms with Crippen LogP contribution in [0.4, 0.5) is 10.6 Å². The summed E-state index contributed by atoms with van der Waals surface area (Å²) in [6.07, 6.45) is 0.546. The normalized spacial score (nSPS) is 12.0. The van der Waals surface area contributed by atoms with Crippen LogP contribution in [0.2, 0.25) is 0 Å². The number of aromatic nitrogens is 1. The molecule has 0 aliphatic carbocycles. The van der Waals surface area contributed by atoms with Crippen molar-refractivity contribution in [3.05, 3.63) is 41.7 Å². The van der Waals surface area contributed by atoms with Crippen molar-refractivity contribution in [3.63, 3.8) is 0 Å². The number of nitrogens with one attached hydrogen (secondary N) is 2. The van der Waals surface area contributed by atoms with Crippen LogP contribution in [0.5, 0.6) is 0 Å². The van der Waals surface area contributed by atoms with Gasteiger partial charge in [-0.2, -0.15) is 0 Å². The van der Waals surface area contributed by atoms with E-state index >= 15 is 0 Å². The number of carbonyl (C=O) groups excluding carboxylic acids is 1. The summed E-state index contributed by atoms with van der Waals surface area (Å²) < 4.78 is 27.6. The Labute approximate surface area is 146 Å². The van der Waals surface area contributed by atoms with Crippen molar-refractivity contribution in [2.75, 3.05) is 11.9 Å². The number of hydrogen-bond acceptors (Lipinski definition) is 5. The first-order chi connectivity index (χ1) is 11.6. The van der Waals surface area contributed by atoms with Crippen LogP contribution in [0.15, 0.2) is 39.8 Å². The summed E-state index contributed by atoms with van der Waals surface area (Å²) in [7, 11) is -3.69. The zero-order chi connectivity index (χ0) is 18.7. The van der Waals surface area contributed by atoms with Gasteiger partial charge in [0, 0.05) is 18.0 Å². The van der Waals surface area contributed by atoms with Gasteiger partial charge in [-0.15, -0.1) is 0 Å². The third-order valence-electron chi connectivity index (χ3n) is 3.44. The van der Waals surface area contributed by atoms with Crippen LogP contribution in [-0.4, -0.2) is 26.2 Å². The molecule has 0 radical (unpaired) electrons. The molecule has 136 valence electrons. The summed E-state index contributed by atoms with van der Waals surface area (Å²) in [6.45, 7) is 6.33. The fourth-order valence-corrected chi connectivity index (χ4v) is 2.53. The quantitative estimate of drug-likeness (QED) is 0.745. The summed E-state index contributed by atoms with van der Waals surface area (Å²) in [5.74, 6) is 1.03. The third kappa shape index (κ3) is 5.57. The van der Waals surface area contributed by atoms with Crippen LogP contribution >= 0.6 is 0 Å². The number of carbonyl (C=O) groups is 1. The predicted molar refractivity (Wildman–Crippen MR) is 93.7 cm³/mol. The Morgan fingerprint density at radius 3 is 2.40 bits per heavy atom. The summed E-state index contributed by atoms with van der Waals surface area (Å²) >= 11 is 0. The molecule has 25 heavy (non-hydrogen) atoms. The van der Waals surface area contributed by atoms with E-state index < -0.39 is 16.1 Å². The van der Waals surface area contributed by atoms with Gasteiger partial charge in [-0.3, -0.25) is 5.32 Å². The summed E-state index contributed by atoms with van der Waals surface area (Å²) in [5, 5.41) is 14.1. The SMILES string of the molecule is CC(C)(C)c1cc(NC(=O)NCCc2ccc(S(N)(=O)=O)cc2)no1. The summed E-state index contributed by atoms with van der Waals surface area (Å²) in [4.78, 5) is 11.9. The molecule has 1 aromatic heterocycles. The van der Waals surface area contributed by atoms with E-state index in [1.807, 2.05) is 20.8 Å². The highest BCUT2D eigenvalue weighted by molar-refractivity contribution is 7.89. The Hall–Kier alpha value is -2.39. The molecule has 1 heterocycles. The van der Waals surface area contributed by atoms with Gasteiger partial charge in [-0.05, 0) is 24.1 Å². The van der Waals surface area contributed by atoms with Gasteiger partial charge >= 0.3 is 6.03 Å². The van der Waals surface area contributed by atoms with E-state index in [4.69, 9.17) is 9.66 Å². The van der Waals surface area contributed by atoms with Crippen molar-refractivity contribution < 1.29 is 17.7 Å². The predicted octanol–water partition coefficient (Wildman–Crippen LogP) is 1.98.